The number of benzene rings is 3. The van der Waals surface area contributed by atoms with Crippen LogP contribution in [0.3, 0.4) is 0 Å². The average Bonchev–Trinajstić information content (AvgIpc) is 3.30. The van der Waals surface area contributed by atoms with E-state index in [1.807, 2.05) is 49.4 Å². The van der Waals surface area contributed by atoms with Gasteiger partial charge < -0.3 is 15.7 Å². The van der Waals surface area contributed by atoms with Gasteiger partial charge in [0.25, 0.3) is 5.91 Å². The third-order valence-corrected chi connectivity index (χ3v) is 6.36. The topological polar surface area (TPSA) is 79.2 Å². The zero-order valence-electron chi connectivity index (χ0n) is 21.5. The SMILES string of the molecule is CCc1cccc(CNC[C@H](O)[C@H](Cc2cc(F)cc(F)c2)NC(=O)c2cc(C)n(-c3ccccc3)n2)c1. The van der Waals surface area contributed by atoms with Crippen molar-refractivity contribution in [2.24, 2.45) is 0 Å². The van der Waals surface area contributed by atoms with Gasteiger partial charge in [0.15, 0.2) is 5.69 Å². The number of aliphatic hydroxyl groups excluding tert-OH is 1. The molecular weight excluding hydrogens is 486 g/mol. The van der Waals surface area contributed by atoms with Crippen molar-refractivity contribution in [3.63, 3.8) is 0 Å². The summed E-state index contributed by atoms with van der Waals surface area (Å²) >= 11 is 0. The zero-order chi connectivity index (χ0) is 27.1. The standard InChI is InChI=1S/C30H32F2N4O2/c1-3-21-8-7-9-22(13-21)18-33-19-29(37)27(16-23-14-24(31)17-25(32)15-23)34-30(38)28-12-20(2)36(35-28)26-10-5-4-6-11-26/h4-15,17,27,29,33,37H,3,16,18-19H2,1-2H3,(H,34,38)/t27-,29-/m0/s1. The van der Waals surface area contributed by atoms with Gasteiger partial charge in [-0.2, -0.15) is 5.10 Å². The van der Waals surface area contributed by atoms with Crippen LogP contribution >= 0.6 is 0 Å². The molecule has 3 aromatic carbocycles. The normalized spacial score (nSPS) is 12.8. The van der Waals surface area contributed by atoms with Crippen LogP contribution in [-0.4, -0.2) is 39.5 Å². The first-order valence-electron chi connectivity index (χ1n) is 12.7. The molecule has 1 heterocycles. The number of para-hydroxylation sites is 1. The van der Waals surface area contributed by atoms with Crippen molar-refractivity contribution in [1.29, 1.82) is 0 Å². The molecular formula is C30H32F2N4O2. The molecule has 8 heteroatoms. The molecule has 0 aliphatic rings. The van der Waals surface area contributed by atoms with E-state index in [0.29, 0.717) is 12.1 Å². The van der Waals surface area contributed by atoms with Gasteiger partial charge in [0.05, 0.1) is 17.8 Å². The molecule has 0 radical (unpaired) electrons. The first-order valence-corrected chi connectivity index (χ1v) is 12.7. The Hall–Kier alpha value is -3.88. The maximum atomic E-state index is 13.9. The van der Waals surface area contributed by atoms with Crippen molar-refractivity contribution < 1.29 is 18.7 Å². The molecule has 198 valence electrons. The van der Waals surface area contributed by atoms with Gasteiger partial charge in [-0.3, -0.25) is 4.79 Å². The van der Waals surface area contributed by atoms with Crippen LogP contribution < -0.4 is 10.6 Å². The van der Waals surface area contributed by atoms with Crippen LogP contribution in [0.1, 0.15) is 39.8 Å². The van der Waals surface area contributed by atoms with Gasteiger partial charge in [0.1, 0.15) is 11.6 Å². The lowest BCUT2D eigenvalue weighted by atomic mass is 10.00. The van der Waals surface area contributed by atoms with Crippen LogP contribution in [0.25, 0.3) is 5.69 Å². The number of rotatable bonds is 11. The number of nitrogens with zero attached hydrogens (tertiary/aromatic N) is 2. The molecule has 38 heavy (non-hydrogen) atoms. The summed E-state index contributed by atoms with van der Waals surface area (Å²) in [6.45, 7) is 4.62. The van der Waals surface area contributed by atoms with Gasteiger partial charge >= 0.3 is 0 Å². The smallest absolute Gasteiger partial charge is 0.272 e. The van der Waals surface area contributed by atoms with Crippen LogP contribution in [-0.2, 0) is 19.4 Å². The van der Waals surface area contributed by atoms with Crippen LogP contribution in [0.15, 0.2) is 78.9 Å². The van der Waals surface area contributed by atoms with Crippen molar-refractivity contribution in [2.75, 3.05) is 6.54 Å². The number of aryl methyl sites for hydroxylation is 2. The average molecular weight is 519 g/mol. The molecule has 1 amide bonds. The molecule has 4 aromatic rings. The second-order valence-corrected chi connectivity index (χ2v) is 9.35. The highest BCUT2D eigenvalue weighted by molar-refractivity contribution is 5.92. The lowest BCUT2D eigenvalue weighted by molar-refractivity contribution is 0.0825. The molecule has 0 saturated heterocycles. The van der Waals surface area contributed by atoms with Gasteiger partial charge in [0, 0.05) is 24.8 Å². The summed E-state index contributed by atoms with van der Waals surface area (Å²) in [7, 11) is 0. The van der Waals surface area contributed by atoms with Gasteiger partial charge in [-0.05, 0) is 66.8 Å². The Morgan fingerprint density at radius 2 is 1.66 bits per heavy atom. The molecule has 0 spiro atoms. The Labute approximate surface area is 221 Å². The minimum absolute atomic E-state index is 0.0347. The van der Waals surface area contributed by atoms with E-state index in [1.165, 1.54) is 17.7 Å². The fraction of sp³-hybridized carbons (Fsp3) is 0.267. The highest BCUT2D eigenvalue weighted by atomic mass is 19.1. The predicted molar refractivity (Wildman–Crippen MR) is 143 cm³/mol. The Kier molecular flexibility index (Phi) is 8.99. The highest BCUT2D eigenvalue weighted by Gasteiger charge is 2.24. The van der Waals surface area contributed by atoms with E-state index in [0.717, 1.165) is 29.4 Å². The number of hydrogen-bond acceptors (Lipinski definition) is 4. The molecule has 0 unspecified atom stereocenters. The van der Waals surface area contributed by atoms with E-state index < -0.39 is 29.7 Å². The van der Waals surface area contributed by atoms with Gasteiger partial charge in [-0.15, -0.1) is 0 Å². The van der Waals surface area contributed by atoms with E-state index in [4.69, 9.17) is 0 Å². The molecule has 0 fully saturated rings. The summed E-state index contributed by atoms with van der Waals surface area (Å²) in [5.41, 5.74) is 4.38. The van der Waals surface area contributed by atoms with Crippen LogP contribution in [0, 0.1) is 18.6 Å². The lowest BCUT2D eigenvalue weighted by Crippen LogP contribution is -2.48. The minimum atomic E-state index is -1.03. The molecule has 2 atom stereocenters. The van der Waals surface area contributed by atoms with E-state index in [-0.39, 0.29) is 18.7 Å². The Morgan fingerprint density at radius 3 is 2.37 bits per heavy atom. The van der Waals surface area contributed by atoms with Crippen molar-refractivity contribution in [2.45, 2.75) is 45.4 Å². The maximum absolute atomic E-state index is 13.9. The number of nitrogens with one attached hydrogen (secondary N) is 2. The summed E-state index contributed by atoms with van der Waals surface area (Å²) in [4.78, 5) is 13.2. The van der Waals surface area contributed by atoms with Crippen molar-refractivity contribution in [3.8, 4) is 5.69 Å². The Bertz CT molecular complexity index is 1350. The van der Waals surface area contributed by atoms with E-state index in [2.05, 4.69) is 34.8 Å². The first-order chi connectivity index (χ1) is 18.3. The minimum Gasteiger partial charge on any atom is -0.390 e. The van der Waals surface area contributed by atoms with Crippen LogP contribution in [0.5, 0.6) is 0 Å². The molecule has 3 N–H and O–H groups in total. The predicted octanol–water partition coefficient (Wildman–Crippen LogP) is 4.51. The molecule has 0 saturated carbocycles. The maximum Gasteiger partial charge on any atom is 0.272 e. The molecule has 0 aliphatic carbocycles. The molecule has 4 rings (SSSR count). The molecule has 6 nitrogen and oxygen atoms in total. The van der Waals surface area contributed by atoms with Crippen molar-refractivity contribution in [3.05, 3.63) is 119 Å². The largest absolute Gasteiger partial charge is 0.390 e. The molecule has 0 bridgehead atoms. The quantitative estimate of drug-likeness (QED) is 0.273. The van der Waals surface area contributed by atoms with Gasteiger partial charge in [-0.25, -0.2) is 13.5 Å². The number of aromatic nitrogens is 2. The number of halogens is 2. The third kappa shape index (κ3) is 7.12. The first kappa shape index (κ1) is 27.2. The number of amides is 1. The van der Waals surface area contributed by atoms with E-state index in [1.54, 1.807) is 10.7 Å². The number of carbonyl (C=O) groups excluding carboxylic acids is 1. The van der Waals surface area contributed by atoms with E-state index >= 15 is 0 Å². The Morgan fingerprint density at radius 1 is 0.947 bits per heavy atom. The summed E-state index contributed by atoms with van der Waals surface area (Å²) in [6.07, 6.45) is -0.0710. The van der Waals surface area contributed by atoms with Gasteiger partial charge in [0.2, 0.25) is 0 Å². The van der Waals surface area contributed by atoms with Crippen molar-refractivity contribution in [1.82, 2.24) is 20.4 Å². The summed E-state index contributed by atoms with van der Waals surface area (Å²) in [5, 5.41) is 21.5. The number of carbonyl (C=O) groups is 1. The molecule has 1 aromatic heterocycles. The number of hydrogen-bond donors (Lipinski definition) is 3. The fourth-order valence-electron chi connectivity index (χ4n) is 4.39. The second kappa shape index (κ2) is 12.6. The highest BCUT2D eigenvalue weighted by Crippen LogP contribution is 2.15. The molecule has 0 aliphatic heterocycles. The summed E-state index contributed by atoms with van der Waals surface area (Å²) in [5.74, 6) is -1.92. The van der Waals surface area contributed by atoms with E-state index in [9.17, 15) is 18.7 Å². The zero-order valence-corrected chi connectivity index (χ0v) is 21.5. The number of aliphatic hydroxyl groups is 1. The summed E-state index contributed by atoms with van der Waals surface area (Å²) < 4.78 is 29.4. The lowest BCUT2D eigenvalue weighted by Gasteiger charge is -2.24. The second-order valence-electron chi connectivity index (χ2n) is 9.35. The van der Waals surface area contributed by atoms with Crippen LogP contribution in [0.2, 0.25) is 0 Å². The third-order valence-electron chi connectivity index (χ3n) is 6.36. The monoisotopic (exact) mass is 518 g/mol. The fourth-order valence-corrected chi connectivity index (χ4v) is 4.39. The Balaban J connectivity index is 1.49. The van der Waals surface area contributed by atoms with Gasteiger partial charge in [-0.1, -0.05) is 49.4 Å². The summed E-state index contributed by atoms with van der Waals surface area (Å²) in [6, 6.07) is 21.6. The van der Waals surface area contributed by atoms with Crippen LogP contribution in [0.4, 0.5) is 8.78 Å². The van der Waals surface area contributed by atoms with Crippen molar-refractivity contribution >= 4 is 5.91 Å².